The Hall–Kier alpha value is -1.06. The number of carbonyl (C=O) groups is 1. The van der Waals surface area contributed by atoms with Gasteiger partial charge in [0.05, 0.1) is 0 Å². The summed E-state index contributed by atoms with van der Waals surface area (Å²) in [6, 6.07) is 7.00. The van der Waals surface area contributed by atoms with Gasteiger partial charge in [-0.25, -0.2) is 0 Å². The number of halogens is 1. The molecule has 0 saturated carbocycles. The molecule has 3 nitrogen and oxygen atoms in total. The molecule has 0 bridgehead atoms. The van der Waals surface area contributed by atoms with Crippen LogP contribution in [0, 0.1) is 0 Å². The van der Waals surface area contributed by atoms with Gasteiger partial charge in [0.15, 0.2) is 0 Å². The zero-order chi connectivity index (χ0) is 14.2. The largest absolute Gasteiger partial charge is 0.352 e. The Morgan fingerprint density at radius 2 is 1.80 bits per heavy atom. The lowest BCUT2D eigenvalue weighted by molar-refractivity contribution is 0.0952. The minimum Gasteiger partial charge on any atom is -0.352 e. The van der Waals surface area contributed by atoms with Crippen LogP contribution in [0.2, 0.25) is 5.02 Å². The number of carbonyl (C=O) groups excluding carboxylic acids is 1. The van der Waals surface area contributed by atoms with Gasteiger partial charge in [-0.15, -0.1) is 0 Å². The van der Waals surface area contributed by atoms with E-state index in [1.165, 1.54) is 32.4 Å². The number of rotatable bonds is 6. The minimum atomic E-state index is -0.0142. The van der Waals surface area contributed by atoms with E-state index in [1.54, 1.807) is 24.3 Å². The van der Waals surface area contributed by atoms with Crippen LogP contribution in [0.5, 0.6) is 0 Å². The Bertz CT molecular complexity index is 413. The molecule has 0 spiro atoms. The smallest absolute Gasteiger partial charge is 0.251 e. The number of nitrogens with zero attached hydrogens (tertiary/aromatic N) is 1. The van der Waals surface area contributed by atoms with E-state index < -0.39 is 0 Å². The fraction of sp³-hybridized carbons (Fsp3) is 0.562. The normalized spacial score (nSPS) is 16.1. The van der Waals surface area contributed by atoms with Crippen LogP contribution >= 0.6 is 11.6 Å². The molecular weight excluding hydrogens is 272 g/mol. The van der Waals surface area contributed by atoms with Crippen molar-refractivity contribution in [2.24, 2.45) is 0 Å². The molecule has 0 atom stereocenters. The number of benzene rings is 1. The topological polar surface area (TPSA) is 32.3 Å². The number of hydrogen-bond acceptors (Lipinski definition) is 2. The molecule has 0 aromatic heterocycles. The first-order chi connectivity index (χ1) is 9.75. The van der Waals surface area contributed by atoms with Crippen molar-refractivity contribution in [2.45, 2.75) is 32.1 Å². The molecule has 1 heterocycles. The van der Waals surface area contributed by atoms with E-state index in [0.29, 0.717) is 10.6 Å². The van der Waals surface area contributed by atoms with Crippen LogP contribution in [0.4, 0.5) is 0 Å². The Balaban J connectivity index is 1.58. The Morgan fingerprint density at radius 1 is 1.10 bits per heavy atom. The second kappa shape index (κ2) is 8.28. The van der Waals surface area contributed by atoms with Crippen LogP contribution in [0.15, 0.2) is 24.3 Å². The molecule has 2 rings (SSSR count). The first-order valence-corrected chi connectivity index (χ1v) is 7.89. The van der Waals surface area contributed by atoms with Crippen LogP contribution in [-0.2, 0) is 0 Å². The van der Waals surface area contributed by atoms with Crippen molar-refractivity contribution in [1.29, 1.82) is 0 Å². The van der Waals surface area contributed by atoms with Crippen molar-refractivity contribution in [3.05, 3.63) is 34.9 Å². The average Bonchev–Trinajstić information content (AvgIpc) is 2.48. The van der Waals surface area contributed by atoms with Crippen molar-refractivity contribution in [3.8, 4) is 0 Å². The van der Waals surface area contributed by atoms with Crippen molar-refractivity contribution < 1.29 is 4.79 Å². The maximum Gasteiger partial charge on any atom is 0.251 e. The van der Waals surface area contributed by atoms with Crippen LogP contribution < -0.4 is 5.32 Å². The number of hydrogen-bond donors (Lipinski definition) is 1. The molecule has 1 amide bonds. The van der Waals surface area contributed by atoms with Crippen molar-refractivity contribution >= 4 is 17.5 Å². The SMILES string of the molecule is O=C(NCCCCN1CCCCC1)c1ccc(Cl)cc1. The molecule has 1 aromatic rings. The summed E-state index contributed by atoms with van der Waals surface area (Å²) < 4.78 is 0. The molecule has 1 aliphatic heterocycles. The number of amides is 1. The molecule has 110 valence electrons. The van der Waals surface area contributed by atoms with E-state index in [0.717, 1.165) is 25.9 Å². The van der Waals surface area contributed by atoms with Crippen molar-refractivity contribution in [2.75, 3.05) is 26.2 Å². The van der Waals surface area contributed by atoms with E-state index >= 15 is 0 Å². The summed E-state index contributed by atoms with van der Waals surface area (Å²) in [6.07, 6.45) is 6.25. The van der Waals surface area contributed by atoms with Gasteiger partial charge in [-0.1, -0.05) is 18.0 Å². The Labute approximate surface area is 126 Å². The lowest BCUT2D eigenvalue weighted by Gasteiger charge is -2.26. The summed E-state index contributed by atoms with van der Waals surface area (Å²) in [5, 5.41) is 3.61. The Kier molecular flexibility index (Phi) is 6.34. The highest BCUT2D eigenvalue weighted by atomic mass is 35.5. The molecule has 1 aromatic carbocycles. The maximum atomic E-state index is 11.9. The first-order valence-electron chi connectivity index (χ1n) is 7.52. The quantitative estimate of drug-likeness (QED) is 0.816. The summed E-state index contributed by atoms with van der Waals surface area (Å²) in [5.74, 6) is -0.0142. The number of nitrogens with one attached hydrogen (secondary N) is 1. The van der Waals surface area contributed by atoms with Gasteiger partial charge < -0.3 is 10.2 Å². The lowest BCUT2D eigenvalue weighted by atomic mass is 10.1. The molecular formula is C16H23ClN2O. The second-order valence-electron chi connectivity index (χ2n) is 5.37. The van der Waals surface area contributed by atoms with Crippen molar-refractivity contribution in [3.63, 3.8) is 0 Å². The highest BCUT2D eigenvalue weighted by Crippen LogP contribution is 2.10. The van der Waals surface area contributed by atoms with Crippen LogP contribution in [0.3, 0.4) is 0 Å². The van der Waals surface area contributed by atoms with E-state index in [9.17, 15) is 4.79 Å². The lowest BCUT2D eigenvalue weighted by Crippen LogP contribution is -2.31. The van der Waals surface area contributed by atoms with Crippen LogP contribution in [-0.4, -0.2) is 37.0 Å². The van der Waals surface area contributed by atoms with Gasteiger partial charge in [0.1, 0.15) is 0 Å². The Morgan fingerprint density at radius 3 is 2.50 bits per heavy atom. The minimum absolute atomic E-state index is 0.0142. The molecule has 0 radical (unpaired) electrons. The molecule has 0 aliphatic carbocycles. The monoisotopic (exact) mass is 294 g/mol. The van der Waals surface area contributed by atoms with E-state index in [2.05, 4.69) is 10.2 Å². The van der Waals surface area contributed by atoms with Gasteiger partial charge in [-0.3, -0.25) is 4.79 Å². The summed E-state index contributed by atoms with van der Waals surface area (Å²) in [4.78, 5) is 14.4. The summed E-state index contributed by atoms with van der Waals surface area (Å²) in [7, 11) is 0. The first kappa shape index (κ1) is 15.3. The number of likely N-dealkylation sites (tertiary alicyclic amines) is 1. The molecule has 0 unspecified atom stereocenters. The van der Waals surface area contributed by atoms with Gasteiger partial charge in [-0.2, -0.15) is 0 Å². The third kappa shape index (κ3) is 5.14. The highest BCUT2D eigenvalue weighted by molar-refractivity contribution is 6.30. The zero-order valence-electron chi connectivity index (χ0n) is 11.9. The molecule has 1 fully saturated rings. The molecule has 1 saturated heterocycles. The maximum absolute atomic E-state index is 11.9. The zero-order valence-corrected chi connectivity index (χ0v) is 12.7. The summed E-state index contributed by atoms with van der Waals surface area (Å²) in [5.41, 5.74) is 0.672. The van der Waals surface area contributed by atoms with Gasteiger partial charge in [-0.05, 0) is 69.6 Å². The predicted octanol–water partition coefficient (Wildman–Crippen LogP) is 3.34. The molecule has 1 N–H and O–H groups in total. The van der Waals surface area contributed by atoms with Crippen molar-refractivity contribution in [1.82, 2.24) is 10.2 Å². The summed E-state index contributed by atoms with van der Waals surface area (Å²) >= 11 is 5.80. The van der Waals surface area contributed by atoms with Crippen LogP contribution in [0.25, 0.3) is 0 Å². The van der Waals surface area contributed by atoms with E-state index in [1.807, 2.05) is 0 Å². The molecule has 1 aliphatic rings. The third-order valence-corrected chi connectivity index (χ3v) is 3.99. The second-order valence-corrected chi connectivity index (χ2v) is 5.81. The molecule has 20 heavy (non-hydrogen) atoms. The fourth-order valence-corrected chi connectivity index (χ4v) is 2.67. The number of piperidine rings is 1. The van der Waals surface area contributed by atoms with Gasteiger partial charge in [0.2, 0.25) is 0 Å². The number of unbranched alkanes of at least 4 members (excludes halogenated alkanes) is 1. The van der Waals surface area contributed by atoms with E-state index in [-0.39, 0.29) is 5.91 Å². The third-order valence-electron chi connectivity index (χ3n) is 3.74. The fourth-order valence-electron chi connectivity index (χ4n) is 2.55. The highest BCUT2D eigenvalue weighted by Gasteiger charge is 2.09. The van der Waals surface area contributed by atoms with Gasteiger partial charge in [0, 0.05) is 17.1 Å². The predicted molar refractivity (Wildman–Crippen MR) is 83.3 cm³/mol. The summed E-state index contributed by atoms with van der Waals surface area (Å²) in [6.45, 7) is 4.40. The average molecular weight is 295 g/mol. The van der Waals surface area contributed by atoms with Gasteiger partial charge >= 0.3 is 0 Å². The standard InChI is InChI=1S/C16H23ClN2O/c17-15-8-6-14(7-9-15)16(20)18-10-2-5-13-19-11-3-1-4-12-19/h6-9H,1-5,10-13H2,(H,18,20). The van der Waals surface area contributed by atoms with E-state index in [4.69, 9.17) is 11.6 Å². The molecule has 4 heteroatoms. The van der Waals surface area contributed by atoms with Gasteiger partial charge in [0.25, 0.3) is 5.91 Å². The van der Waals surface area contributed by atoms with Crippen LogP contribution in [0.1, 0.15) is 42.5 Å².